The van der Waals surface area contributed by atoms with Crippen molar-refractivity contribution < 1.29 is 5.11 Å². The molecule has 2 heteroatoms. The quantitative estimate of drug-likeness (QED) is 0.287. The van der Waals surface area contributed by atoms with Gasteiger partial charge in [-0.25, -0.2) is 0 Å². The molecule has 0 radical (unpaired) electrons. The summed E-state index contributed by atoms with van der Waals surface area (Å²) in [6, 6.07) is 0. The fraction of sp³-hybridized carbons (Fsp3) is 0.900. The first-order valence-electron chi connectivity index (χ1n) is 9.30. The lowest BCUT2D eigenvalue weighted by Crippen LogP contribution is -2.00. The normalized spacial score (nSPS) is 16.8. The van der Waals surface area contributed by atoms with E-state index in [4.69, 9.17) is 16.7 Å². The van der Waals surface area contributed by atoms with Gasteiger partial charge >= 0.3 is 0 Å². The van der Waals surface area contributed by atoms with Crippen LogP contribution in [0.2, 0.25) is 0 Å². The average Bonchev–Trinajstić information content (AvgIpc) is 2.37. The zero-order valence-corrected chi connectivity index (χ0v) is 16.3. The van der Waals surface area contributed by atoms with Crippen molar-refractivity contribution in [3.8, 4) is 0 Å². The monoisotopic (exact) mass is 330 g/mol. The van der Waals surface area contributed by atoms with E-state index in [9.17, 15) is 0 Å². The van der Waals surface area contributed by atoms with Crippen molar-refractivity contribution in [2.75, 3.05) is 0 Å². The molecular formula is C20H39ClO. The number of hydrogen-bond acceptors (Lipinski definition) is 1. The van der Waals surface area contributed by atoms with Crippen LogP contribution < -0.4 is 0 Å². The number of alkyl halides is 1. The summed E-state index contributed by atoms with van der Waals surface area (Å²) in [6.07, 6.45) is 13.6. The molecule has 132 valence electrons. The maximum atomic E-state index is 9.08. The lowest BCUT2D eigenvalue weighted by Gasteiger charge is -2.15. The largest absolute Gasteiger partial charge is 0.374 e. The molecule has 0 aliphatic carbocycles. The van der Waals surface area contributed by atoms with E-state index in [-0.39, 0.29) is 0 Å². The standard InChI is InChI=1S/C20H39ClO/c1-16(2)9-6-10-17(3)11-7-12-18(4)13-8-14-19(5)15-20(21)22/h15-18,20,22H,6-14H2,1-5H3/b19-15+/t17-,18-,20?/m1/s1. The van der Waals surface area contributed by atoms with Gasteiger partial charge in [-0.2, -0.15) is 0 Å². The highest BCUT2D eigenvalue weighted by molar-refractivity contribution is 6.20. The number of rotatable bonds is 13. The molecule has 0 saturated carbocycles. The lowest BCUT2D eigenvalue weighted by atomic mass is 9.91. The van der Waals surface area contributed by atoms with E-state index in [0.717, 1.165) is 24.2 Å². The second-order valence-corrected chi connectivity index (χ2v) is 8.19. The molecule has 1 nitrogen and oxygen atoms in total. The second kappa shape index (κ2) is 13.4. The first-order valence-corrected chi connectivity index (χ1v) is 9.74. The van der Waals surface area contributed by atoms with Gasteiger partial charge in [-0.15, -0.1) is 0 Å². The van der Waals surface area contributed by atoms with Crippen molar-refractivity contribution in [2.45, 2.75) is 98.0 Å². The molecular weight excluding hydrogens is 292 g/mol. The fourth-order valence-corrected chi connectivity index (χ4v) is 3.24. The number of halogens is 1. The van der Waals surface area contributed by atoms with Crippen LogP contribution in [0.25, 0.3) is 0 Å². The predicted octanol–water partition coefficient (Wildman–Crippen LogP) is 6.93. The van der Waals surface area contributed by atoms with E-state index in [0.29, 0.717) is 0 Å². The highest BCUT2D eigenvalue weighted by Crippen LogP contribution is 2.22. The molecule has 0 amide bonds. The van der Waals surface area contributed by atoms with Gasteiger partial charge in [0.1, 0.15) is 5.56 Å². The van der Waals surface area contributed by atoms with Crippen molar-refractivity contribution in [1.82, 2.24) is 0 Å². The van der Waals surface area contributed by atoms with Gasteiger partial charge in [0, 0.05) is 0 Å². The van der Waals surface area contributed by atoms with Crippen molar-refractivity contribution >= 4 is 11.6 Å². The minimum Gasteiger partial charge on any atom is -0.374 e. The van der Waals surface area contributed by atoms with Crippen molar-refractivity contribution in [1.29, 1.82) is 0 Å². The van der Waals surface area contributed by atoms with Crippen LogP contribution in [0.1, 0.15) is 92.4 Å². The lowest BCUT2D eigenvalue weighted by molar-refractivity contribution is 0.302. The third-order valence-electron chi connectivity index (χ3n) is 4.56. The van der Waals surface area contributed by atoms with Gasteiger partial charge in [-0.1, -0.05) is 89.8 Å². The Kier molecular flexibility index (Phi) is 13.4. The summed E-state index contributed by atoms with van der Waals surface area (Å²) in [7, 11) is 0. The molecule has 0 fully saturated rings. The van der Waals surface area contributed by atoms with Gasteiger partial charge in [0.05, 0.1) is 0 Å². The first-order chi connectivity index (χ1) is 10.3. The van der Waals surface area contributed by atoms with Gasteiger partial charge in [0.2, 0.25) is 0 Å². The van der Waals surface area contributed by atoms with Crippen LogP contribution in [0.5, 0.6) is 0 Å². The molecule has 0 spiro atoms. The molecule has 1 N–H and O–H groups in total. The smallest absolute Gasteiger partial charge is 0.146 e. The Morgan fingerprint density at radius 3 is 1.77 bits per heavy atom. The number of allylic oxidation sites excluding steroid dienone is 1. The summed E-state index contributed by atoms with van der Waals surface area (Å²) in [6.45, 7) is 11.5. The van der Waals surface area contributed by atoms with E-state index < -0.39 is 5.56 Å². The predicted molar refractivity (Wildman–Crippen MR) is 100 cm³/mol. The van der Waals surface area contributed by atoms with Crippen LogP contribution in [-0.4, -0.2) is 10.7 Å². The molecule has 0 aromatic carbocycles. The third kappa shape index (κ3) is 14.9. The Hall–Kier alpha value is -0.0100. The molecule has 0 aliphatic heterocycles. The summed E-state index contributed by atoms with van der Waals surface area (Å²) in [5.74, 6) is 2.56. The summed E-state index contributed by atoms with van der Waals surface area (Å²) in [5.41, 5.74) is 0.378. The summed E-state index contributed by atoms with van der Waals surface area (Å²) in [4.78, 5) is 0. The van der Waals surface area contributed by atoms with Crippen LogP contribution in [-0.2, 0) is 0 Å². The summed E-state index contributed by atoms with van der Waals surface area (Å²) >= 11 is 5.54. The molecule has 0 saturated heterocycles. The first kappa shape index (κ1) is 22.0. The topological polar surface area (TPSA) is 20.2 Å². The average molecular weight is 331 g/mol. The molecule has 0 heterocycles. The maximum Gasteiger partial charge on any atom is 0.146 e. The zero-order chi connectivity index (χ0) is 17.0. The Labute approximate surface area is 144 Å². The van der Waals surface area contributed by atoms with Crippen LogP contribution in [0.3, 0.4) is 0 Å². The summed E-state index contributed by atoms with van der Waals surface area (Å²) in [5, 5.41) is 9.08. The third-order valence-corrected chi connectivity index (χ3v) is 4.69. The Balaban J connectivity index is 3.58. The molecule has 22 heavy (non-hydrogen) atoms. The molecule has 3 atom stereocenters. The Morgan fingerprint density at radius 2 is 1.32 bits per heavy atom. The molecule has 1 unspecified atom stereocenters. The highest BCUT2D eigenvalue weighted by Gasteiger charge is 2.06. The van der Waals surface area contributed by atoms with Gasteiger partial charge < -0.3 is 5.11 Å². The van der Waals surface area contributed by atoms with E-state index >= 15 is 0 Å². The number of hydrogen-bond donors (Lipinski definition) is 1. The summed E-state index contributed by atoms with van der Waals surface area (Å²) < 4.78 is 0. The van der Waals surface area contributed by atoms with Gasteiger partial charge in [0.25, 0.3) is 0 Å². The molecule has 0 aromatic rings. The van der Waals surface area contributed by atoms with Crippen LogP contribution in [0, 0.1) is 17.8 Å². The number of aliphatic hydroxyl groups is 1. The molecule has 0 rings (SSSR count). The van der Waals surface area contributed by atoms with Gasteiger partial charge in [-0.05, 0) is 43.6 Å². The second-order valence-electron chi connectivity index (χ2n) is 7.74. The Bertz CT molecular complexity index is 283. The minimum absolute atomic E-state index is 0.816. The molecule has 0 aromatic heterocycles. The van der Waals surface area contributed by atoms with Gasteiger partial charge in [-0.3, -0.25) is 0 Å². The maximum absolute atomic E-state index is 9.08. The SMILES string of the molecule is C/C(=C\C(O)Cl)CCC[C@H](C)CCC[C@H](C)CCCC(C)C. The molecule has 0 bridgehead atoms. The van der Waals surface area contributed by atoms with E-state index in [1.165, 1.54) is 56.9 Å². The highest BCUT2D eigenvalue weighted by atomic mass is 35.5. The van der Waals surface area contributed by atoms with Crippen LogP contribution >= 0.6 is 11.6 Å². The Morgan fingerprint density at radius 1 is 0.864 bits per heavy atom. The van der Waals surface area contributed by atoms with E-state index in [1.54, 1.807) is 6.08 Å². The number of aliphatic hydroxyl groups excluding tert-OH is 1. The molecule has 0 aliphatic rings. The van der Waals surface area contributed by atoms with Crippen LogP contribution in [0.15, 0.2) is 11.6 Å². The van der Waals surface area contributed by atoms with E-state index in [1.807, 2.05) is 0 Å². The van der Waals surface area contributed by atoms with E-state index in [2.05, 4.69) is 34.6 Å². The van der Waals surface area contributed by atoms with Crippen molar-refractivity contribution in [2.24, 2.45) is 17.8 Å². The van der Waals surface area contributed by atoms with Crippen molar-refractivity contribution in [3.63, 3.8) is 0 Å². The zero-order valence-electron chi connectivity index (χ0n) is 15.6. The minimum atomic E-state index is -0.824. The van der Waals surface area contributed by atoms with Gasteiger partial charge in [0.15, 0.2) is 0 Å². The fourth-order valence-electron chi connectivity index (χ4n) is 3.03. The van der Waals surface area contributed by atoms with Crippen molar-refractivity contribution in [3.05, 3.63) is 11.6 Å². The van der Waals surface area contributed by atoms with Crippen LogP contribution in [0.4, 0.5) is 0 Å².